The van der Waals surface area contributed by atoms with E-state index >= 15 is 0 Å². The second-order valence-corrected chi connectivity index (χ2v) is 7.48. The number of rotatable bonds is 7. The number of methoxy groups -OCH3 is 2. The number of nitrogens with zero attached hydrogens (tertiary/aromatic N) is 1. The van der Waals surface area contributed by atoms with Crippen LogP contribution >= 0.6 is 0 Å². The standard InChI is InChI=1S/C22H25F3N2O3/c1-21(20(28)26-13-15-6-4-8-17(12-15)22(23,24)25)10-11-27(21)14-16-7-5-9-18(29-2)19(16)30-3/h4-9,12H,10-11,13-14H2,1-3H3,(H,26,28). The minimum atomic E-state index is -4.41. The quantitative estimate of drug-likeness (QED) is 0.733. The van der Waals surface area contributed by atoms with Gasteiger partial charge in [0.1, 0.15) is 0 Å². The largest absolute Gasteiger partial charge is 0.493 e. The summed E-state index contributed by atoms with van der Waals surface area (Å²) in [4.78, 5) is 14.9. The number of benzene rings is 2. The van der Waals surface area contributed by atoms with Crippen molar-refractivity contribution in [3.05, 3.63) is 59.2 Å². The highest BCUT2D eigenvalue weighted by molar-refractivity contribution is 5.86. The van der Waals surface area contributed by atoms with Gasteiger partial charge in [-0.05, 0) is 37.1 Å². The molecule has 1 aliphatic rings. The molecule has 0 saturated carbocycles. The maximum Gasteiger partial charge on any atom is 0.416 e. The van der Waals surface area contributed by atoms with Crippen LogP contribution in [0.2, 0.25) is 0 Å². The number of carbonyl (C=O) groups is 1. The highest BCUT2D eigenvalue weighted by Gasteiger charge is 2.46. The third-order valence-electron chi connectivity index (χ3n) is 5.61. The maximum absolute atomic E-state index is 12.9. The minimum absolute atomic E-state index is 0.0364. The van der Waals surface area contributed by atoms with Crippen molar-refractivity contribution in [3.8, 4) is 11.5 Å². The SMILES string of the molecule is COc1cccc(CN2CCC2(C)C(=O)NCc2cccc(C(F)(F)F)c2)c1OC. The molecule has 1 heterocycles. The Balaban J connectivity index is 1.67. The molecular weight excluding hydrogens is 397 g/mol. The van der Waals surface area contributed by atoms with Crippen molar-refractivity contribution < 1.29 is 27.4 Å². The molecule has 1 aliphatic heterocycles. The molecule has 30 heavy (non-hydrogen) atoms. The molecular formula is C22H25F3N2O3. The summed E-state index contributed by atoms with van der Waals surface area (Å²) in [7, 11) is 3.13. The van der Waals surface area contributed by atoms with E-state index in [9.17, 15) is 18.0 Å². The van der Waals surface area contributed by atoms with Gasteiger partial charge in [0.2, 0.25) is 5.91 Å². The van der Waals surface area contributed by atoms with Crippen LogP contribution in [0.25, 0.3) is 0 Å². The molecule has 1 N–H and O–H groups in total. The van der Waals surface area contributed by atoms with E-state index in [1.807, 2.05) is 24.0 Å². The molecule has 2 aromatic carbocycles. The number of halogens is 3. The Hall–Kier alpha value is -2.74. The second kappa shape index (κ2) is 8.55. The Kier molecular flexibility index (Phi) is 6.26. The van der Waals surface area contributed by atoms with Crippen molar-refractivity contribution in [2.24, 2.45) is 0 Å². The molecule has 1 atom stereocenters. The van der Waals surface area contributed by atoms with Gasteiger partial charge in [0.15, 0.2) is 11.5 Å². The van der Waals surface area contributed by atoms with Crippen molar-refractivity contribution in [1.82, 2.24) is 10.2 Å². The number of nitrogens with one attached hydrogen (secondary N) is 1. The third kappa shape index (κ3) is 4.38. The van der Waals surface area contributed by atoms with Crippen LogP contribution in [0.5, 0.6) is 11.5 Å². The normalized spacial score (nSPS) is 19.1. The Morgan fingerprint density at radius 1 is 1.17 bits per heavy atom. The molecule has 162 valence electrons. The van der Waals surface area contributed by atoms with Gasteiger partial charge in [0, 0.05) is 25.2 Å². The van der Waals surface area contributed by atoms with Gasteiger partial charge in [-0.3, -0.25) is 9.69 Å². The molecule has 0 radical (unpaired) electrons. The molecule has 0 bridgehead atoms. The number of hydrogen-bond acceptors (Lipinski definition) is 4. The van der Waals surface area contributed by atoms with Gasteiger partial charge in [0.05, 0.1) is 25.3 Å². The monoisotopic (exact) mass is 422 g/mol. The lowest BCUT2D eigenvalue weighted by molar-refractivity contribution is -0.142. The highest BCUT2D eigenvalue weighted by atomic mass is 19.4. The molecule has 2 aromatic rings. The summed E-state index contributed by atoms with van der Waals surface area (Å²) in [6.45, 7) is 3.10. The molecule has 1 fully saturated rings. The van der Waals surface area contributed by atoms with Gasteiger partial charge < -0.3 is 14.8 Å². The van der Waals surface area contributed by atoms with Crippen LogP contribution in [0.1, 0.15) is 30.0 Å². The predicted molar refractivity (Wildman–Crippen MR) is 106 cm³/mol. The van der Waals surface area contributed by atoms with Crippen LogP contribution in [0.15, 0.2) is 42.5 Å². The molecule has 8 heteroatoms. The van der Waals surface area contributed by atoms with E-state index in [2.05, 4.69) is 5.32 Å². The lowest BCUT2D eigenvalue weighted by Gasteiger charge is -2.49. The fourth-order valence-electron chi connectivity index (χ4n) is 3.63. The Labute approximate surface area is 173 Å². The van der Waals surface area contributed by atoms with E-state index in [4.69, 9.17) is 9.47 Å². The number of carbonyl (C=O) groups excluding carboxylic acids is 1. The molecule has 3 rings (SSSR count). The van der Waals surface area contributed by atoms with Gasteiger partial charge in [-0.2, -0.15) is 13.2 Å². The average Bonchev–Trinajstić information content (AvgIpc) is 2.73. The number of ether oxygens (including phenoxy) is 2. The summed E-state index contributed by atoms with van der Waals surface area (Å²) < 4.78 is 49.4. The summed E-state index contributed by atoms with van der Waals surface area (Å²) in [5.74, 6) is 1.03. The van der Waals surface area contributed by atoms with Gasteiger partial charge in [-0.25, -0.2) is 0 Å². The zero-order valence-electron chi connectivity index (χ0n) is 17.2. The number of para-hydroxylation sites is 1. The van der Waals surface area contributed by atoms with Crippen LogP contribution in [0, 0.1) is 0 Å². The minimum Gasteiger partial charge on any atom is -0.493 e. The first-order valence-corrected chi connectivity index (χ1v) is 9.58. The smallest absolute Gasteiger partial charge is 0.416 e. The molecule has 5 nitrogen and oxygen atoms in total. The summed E-state index contributed by atoms with van der Waals surface area (Å²) in [5.41, 5.74) is -0.165. The summed E-state index contributed by atoms with van der Waals surface area (Å²) in [5, 5.41) is 2.78. The van der Waals surface area contributed by atoms with E-state index in [0.717, 1.165) is 24.2 Å². The van der Waals surface area contributed by atoms with E-state index < -0.39 is 17.3 Å². The number of hydrogen-bond donors (Lipinski definition) is 1. The van der Waals surface area contributed by atoms with E-state index in [1.54, 1.807) is 26.4 Å². The van der Waals surface area contributed by atoms with E-state index in [-0.39, 0.29) is 12.5 Å². The molecule has 1 unspecified atom stereocenters. The molecule has 1 amide bonds. The summed E-state index contributed by atoms with van der Waals surface area (Å²) >= 11 is 0. The van der Waals surface area contributed by atoms with Crippen molar-refractivity contribution in [2.45, 2.75) is 38.1 Å². The zero-order valence-corrected chi connectivity index (χ0v) is 17.2. The fraction of sp³-hybridized carbons (Fsp3) is 0.409. The van der Waals surface area contributed by atoms with Gasteiger partial charge in [-0.15, -0.1) is 0 Å². The van der Waals surface area contributed by atoms with Crippen molar-refractivity contribution in [1.29, 1.82) is 0 Å². The van der Waals surface area contributed by atoms with Gasteiger partial charge in [-0.1, -0.05) is 24.3 Å². The average molecular weight is 422 g/mol. The lowest BCUT2D eigenvalue weighted by Crippen LogP contribution is -2.65. The molecule has 0 aliphatic carbocycles. The van der Waals surface area contributed by atoms with Crippen LogP contribution < -0.4 is 14.8 Å². The second-order valence-electron chi connectivity index (χ2n) is 7.48. The predicted octanol–water partition coefficient (Wildman–Crippen LogP) is 4.00. The number of likely N-dealkylation sites (tertiary alicyclic amines) is 1. The summed E-state index contributed by atoms with van der Waals surface area (Å²) in [6, 6.07) is 10.6. The Bertz CT molecular complexity index is 917. The van der Waals surface area contributed by atoms with E-state index in [1.165, 1.54) is 6.07 Å². The maximum atomic E-state index is 12.9. The first-order chi connectivity index (χ1) is 14.2. The molecule has 0 spiro atoms. The number of alkyl halides is 3. The van der Waals surface area contributed by atoms with Crippen molar-refractivity contribution in [2.75, 3.05) is 20.8 Å². The van der Waals surface area contributed by atoms with Gasteiger partial charge >= 0.3 is 6.18 Å². The number of amides is 1. The van der Waals surface area contributed by atoms with Gasteiger partial charge in [0.25, 0.3) is 0 Å². The Morgan fingerprint density at radius 2 is 1.90 bits per heavy atom. The topological polar surface area (TPSA) is 50.8 Å². The first-order valence-electron chi connectivity index (χ1n) is 9.58. The van der Waals surface area contributed by atoms with Crippen LogP contribution in [-0.2, 0) is 24.1 Å². The molecule has 1 saturated heterocycles. The summed E-state index contributed by atoms with van der Waals surface area (Å²) in [6.07, 6.45) is -3.75. The van der Waals surface area contributed by atoms with Crippen LogP contribution in [-0.4, -0.2) is 37.1 Å². The molecule has 0 aromatic heterocycles. The third-order valence-corrected chi connectivity index (χ3v) is 5.61. The Morgan fingerprint density at radius 3 is 2.50 bits per heavy atom. The first kappa shape index (κ1) is 22.0. The highest BCUT2D eigenvalue weighted by Crippen LogP contribution is 2.37. The van der Waals surface area contributed by atoms with Crippen molar-refractivity contribution >= 4 is 5.91 Å². The van der Waals surface area contributed by atoms with E-state index in [0.29, 0.717) is 30.0 Å². The van der Waals surface area contributed by atoms with Crippen LogP contribution in [0.3, 0.4) is 0 Å². The zero-order chi connectivity index (χ0) is 21.9. The fourth-order valence-corrected chi connectivity index (χ4v) is 3.63. The van der Waals surface area contributed by atoms with Crippen molar-refractivity contribution in [3.63, 3.8) is 0 Å². The lowest BCUT2D eigenvalue weighted by atomic mass is 9.85. The van der Waals surface area contributed by atoms with Crippen LogP contribution in [0.4, 0.5) is 13.2 Å².